The number of fused-ring (bicyclic) bond motifs is 2. The molecule has 0 bridgehead atoms. The van der Waals surface area contributed by atoms with E-state index in [1.54, 1.807) is 24.4 Å². The Morgan fingerprint density at radius 2 is 1.47 bits per heavy atom. The zero-order valence-electron chi connectivity index (χ0n) is 9.94. The fraction of sp³-hybridized carbons (Fsp3) is 0. The molecule has 1 heterocycles. The van der Waals surface area contributed by atoms with Gasteiger partial charge in [-0.05, 0) is 11.6 Å². The molecule has 0 spiro atoms. The molecular weight excluding hydrogens is 238 g/mol. The van der Waals surface area contributed by atoms with Crippen LogP contribution >= 0.6 is 0 Å². The summed E-state index contributed by atoms with van der Waals surface area (Å²) in [5, 5.41) is 1.33. The number of carbonyl (C=O) groups is 1. The zero-order valence-corrected chi connectivity index (χ0v) is 9.94. The summed E-state index contributed by atoms with van der Waals surface area (Å²) in [5.74, 6) is -0.0145. The van der Waals surface area contributed by atoms with Gasteiger partial charge in [-0.25, -0.2) is 0 Å². The van der Waals surface area contributed by atoms with Crippen LogP contribution in [0, 0.1) is 0 Å². The molecule has 1 N–H and O–H groups in total. The number of aromatic amines is 1. The van der Waals surface area contributed by atoms with E-state index in [0.717, 1.165) is 16.5 Å². The highest BCUT2D eigenvalue weighted by Gasteiger charge is 2.25. The summed E-state index contributed by atoms with van der Waals surface area (Å²) in [5.41, 5.74) is 2.94. The van der Waals surface area contributed by atoms with E-state index < -0.39 is 0 Å². The van der Waals surface area contributed by atoms with Gasteiger partial charge in [-0.1, -0.05) is 36.4 Å². The van der Waals surface area contributed by atoms with Crippen LogP contribution in [0.4, 0.5) is 0 Å². The Bertz CT molecular complexity index is 906. The highest BCUT2D eigenvalue weighted by molar-refractivity contribution is 6.25. The Balaban J connectivity index is 2.32. The van der Waals surface area contributed by atoms with Crippen LogP contribution in [0.1, 0.15) is 15.9 Å². The van der Waals surface area contributed by atoms with Gasteiger partial charge < -0.3 is 4.98 Å². The van der Waals surface area contributed by atoms with Gasteiger partial charge in [0, 0.05) is 33.7 Å². The lowest BCUT2D eigenvalue weighted by atomic mass is 9.84. The molecule has 0 fully saturated rings. The first kappa shape index (κ1) is 10.3. The van der Waals surface area contributed by atoms with Crippen molar-refractivity contribution >= 4 is 16.6 Å². The van der Waals surface area contributed by atoms with Gasteiger partial charge in [0.1, 0.15) is 0 Å². The largest absolute Gasteiger partial charge is 0.328 e. The summed E-state index contributed by atoms with van der Waals surface area (Å²) in [6, 6.07) is 12.8. The standard InChI is InChI=1S/C16H9NO2/c18-15-10-5-2-1-4-9(10)13-8-17-16(19)12-7-3-6-11(15)14(12)13/h1-8H,(H,17,19). The van der Waals surface area contributed by atoms with Crippen molar-refractivity contribution in [1.29, 1.82) is 0 Å². The third-order valence-corrected chi connectivity index (χ3v) is 3.63. The van der Waals surface area contributed by atoms with Crippen molar-refractivity contribution in [3.05, 3.63) is 70.1 Å². The van der Waals surface area contributed by atoms with Crippen molar-refractivity contribution in [1.82, 2.24) is 4.98 Å². The van der Waals surface area contributed by atoms with Crippen LogP contribution in [0.15, 0.2) is 53.5 Å². The van der Waals surface area contributed by atoms with Crippen LogP contribution in [-0.2, 0) is 0 Å². The number of hydrogen-bond donors (Lipinski definition) is 1. The van der Waals surface area contributed by atoms with Crippen molar-refractivity contribution in [3.63, 3.8) is 0 Å². The number of H-pyrrole nitrogens is 1. The fourth-order valence-corrected chi connectivity index (χ4v) is 2.78. The Kier molecular flexibility index (Phi) is 1.85. The molecule has 1 aliphatic carbocycles. The van der Waals surface area contributed by atoms with Crippen molar-refractivity contribution in [2.75, 3.05) is 0 Å². The smallest absolute Gasteiger partial charge is 0.255 e. The lowest BCUT2D eigenvalue weighted by Gasteiger charge is -2.18. The SMILES string of the molecule is O=C1c2ccccc2-c2c[nH]c(=O)c3cccc1c23. The maximum absolute atomic E-state index is 12.5. The van der Waals surface area contributed by atoms with Crippen LogP contribution in [0.3, 0.4) is 0 Å². The highest BCUT2D eigenvalue weighted by Crippen LogP contribution is 2.37. The average Bonchev–Trinajstić information content (AvgIpc) is 2.46. The fourth-order valence-electron chi connectivity index (χ4n) is 2.78. The maximum atomic E-state index is 12.5. The van der Waals surface area contributed by atoms with Crippen molar-refractivity contribution in [2.45, 2.75) is 0 Å². The molecule has 0 saturated heterocycles. The minimum atomic E-state index is -0.159. The molecule has 0 amide bonds. The van der Waals surface area contributed by atoms with Crippen LogP contribution in [-0.4, -0.2) is 10.8 Å². The second-order valence-corrected chi connectivity index (χ2v) is 4.63. The van der Waals surface area contributed by atoms with Gasteiger partial charge in [0.25, 0.3) is 5.56 Å². The molecular formula is C16H9NO2. The lowest BCUT2D eigenvalue weighted by molar-refractivity contribution is 0.104. The molecule has 1 aromatic heterocycles. The summed E-state index contributed by atoms with van der Waals surface area (Å²) in [4.78, 5) is 27.1. The van der Waals surface area contributed by atoms with E-state index in [-0.39, 0.29) is 11.3 Å². The molecule has 3 heteroatoms. The predicted octanol–water partition coefficient (Wildman–Crippen LogP) is 2.74. The zero-order chi connectivity index (χ0) is 13.0. The second-order valence-electron chi connectivity index (χ2n) is 4.63. The number of benzene rings is 2. The molecule has 19 heavy (non-hydrogen) atoms. The number of aromatic nitrogens is 1. The summed E-state index contributed by atoms with van der Waals surface area (Å²) in [6.45, 7) is 0. The topological polar surface area (TPSA) is 49.9 Å². The minimum absolute atomic E-state index is 0.0145. The van der Waals surface area contributed by atoms with E-state index in [1.165, 1.54) is 0 Å². The molecule has 1 aliphatic rings. The van der Waals surface area contributed by atoms with Gasteiger partial charge in [0.2, 0.25) is 0 Å². The Morgan fingerprint density at radius 1 is 0.737 bits per heavy atom. The molecule has 3 aromatic rings. The number of nitrogens with one attached hydrogen (secondary N) is 1. The molecule has 0 radical (unpaired) electrons. The third-order valence-electron chi connectivity index (χ3n) is 3.63. The van der Waals surface area contributed by atoms with Gasteiger partial charge in [0.15, 0.2) is 5.78 Å². The lowest BCUT2D eigenvalue weighted by Crippen LogP contribution is -2.14. The number of hydrogen-bond acceptors (Lipinski definition) is 2. The Labute approximate surface area is 108 Å². The molecule has 90 valence electrons. The van der Waals surface area contributed by atoms with Gasteiger partial charge in [0.05, 0.1) is 0 Å². The highest BCUT2D eigenvalue weighted by atomic mass is 16.1. The molecule has 2 aromatic carbocycles. The van der Waals surface area contributed by atoms with Gasteiger partial charge in [-0.3, -0.25) is 9.59 Å². The number of rotatable bonds is 0. The molecule has 0 unspecified atom stereocenters. The van der Waals surface area contributed by atoms with Gasteiger partial charge in [-0.15, -0.1) is 0 Å². The van der Waals surface area contributed by atoms with Crippen LogP contribution in [0.25, 0.3) is 21.9 Å². The van der Waals surface area contributed by atoms with Crippen LogP contribution in [0.2, 0.25) is 0 Å². The van der Waals surface area contributed by atoms with Crippen molar-refractivity contribution < 1.29 is 4.79 Å². The van der Waals surface area contributed by atoms with E-state index in [2.05, 4.69) is 4.98 Å². The number of pyridine rings is 1. The van der Waals surface area contributed by atoms with Crippen molar-refractivity contribution in [3.8, 4) is 11.1 Å². The minimum Gasteiger partial charge on any atom is -0.328 e. The van der Waals surface area contributed by atoms with E-state index in [9.17, 15) is 9.59 Å². The second kappa shape index (κ2) is 3.42. The summed E-state index contributed by atoms with van der Waals surface area (Å²) in [6.07, 6.45) is 1.69. The number of ketones is 1. The summed E-state index contributed by atoms with van der Waals surface area (Å²) in [7, 11) is 0. The molecule has 3 nitrogen and oxygen atoms in total. The summed E-state index contributed by atoms with van der Waals surface area (Å²) < 4.78 is 0. The first-order valence-electron chi connectivity index (χ1n) is 6.06. The monoisotopic (exact) mass is 247 g/mol. The van der Waals surface area contributed by atoms with Gasteiger partial charge >= 0.3 is 0 Å². The predicted molar refractivity (Wildman–Crippen MR) is 73.4 cm³/mol. The Morgan fingerprint density at radius 3 is 2.32 bits per heavy atom. The van der Waals surface area contributed by atoms with E-state index in [4.69, 9.17) is 0 Å². The normalized spacial score (nSPS) is 12.5. The van der Waals surface area contributed by atoms with Gasteiger partial charge in [-0.2, -0.15) is 0 Å². The first-order valence-corrected chi connectivity index (χ1v) is 6.06. The quantitative estimate of drug-likeness (QED) is 0.519. The average molecular weight is 247 g/mol. The van der Waals surface area contributed by atoms with Crippen LogP contribution < -0.4 is 5.56 Å². The third kappa shape index (κ3) is 1.21. The Hall–Kier alpha value is -2.68. The molecule has 0 saturated carbocycles. The molecule has 0 aliphatic heterocycles. The van der Waals surface area contributed by atoms with E-state index >= 15 is 0 Å². The summed E-state index contributed by atoms with van der Waals surface area (Å²) >= 11 is 0. The number of carbonyl (C=O) groups excluding carboxylic acids is 1. The molecule has 0 atom stereocenters. The van der Waals surface area contributed by atoms with E-state index in [0.29, 0.717) is 16.5 Å². The maximum Gasteiger partial charge on any atom is 0.255 e. The van der Waals surface area contributed by atoms with Crippen molar-refractivity contribution in [2.24, 2.45) is 0 Å². The molecule has 4 rings (SSSR count). The van der Waals surface area contributed by atoms with E-state index in [1.807, 2.05) is 24.3 Å². The van der Waals surface area contributed by atoms with Crippen LogP contribution in [0.5, 0.6) is 0 Å². The first-order chi connectivity index (χ1) is 9.27.